The summed E-state index contributed by atoms with van der Waals surface area (Å²) >= 11 is 0. The molecule has 0 aliphatic heterocycles. The van der Waals surface area contributed by atoms with E-state index in [4.69, 9.17) is 0 Å². The maximum Gasteiger partial charge on any atom is 0.108 e. The van der Waals surface area contributed by atoms with Crippen LogP contribution in [0, 0.1) is 5.92 Å². The summed E-state index contributed by atoms with van der Waals surface area (Å²) in [5.41, 5.74) is 0.152. The molecule has 1 fully saturated rings. The summed E-state index contributed by atoms with van der Waals surface area (Å²) in [7, 11) is 1.83. The van der Waals surface area contributed by atoms with Crippen molar-refractivity contribution in [1.82, 2.24) is 15.0 Å². The van der Waals surface area contributed by atoms with Crippen LogP contribution >= 0.6 is 0 Å². The van der Waals surface area contributed by atoms with Gasteiger partial charge in [0.15, 0.2) is 0 Å². The highest BCUT2D eigenvalue weighted by atomic mass is 16.3. The highest BCUT2D eigenvalue weighted by Crippen LogP contribution is 2.38. The third-order valence-corrected chi connectivity index (χ3v) is 3.16. The zero-order valence-electron chi connectivity index (χ0n) is 8.77. The van der Waals surface area contributed by atoms with Gasteiger partial charge < -0.3 is 5.11 Å². The molecule has 2 atom stereocenters. The van der Waals surface area contributed by atoms with Gasteiger partial charge in [-0.05, 0) is 25.2 Å². The van der Waals surface area contributed by atoms with Gasteiger partial charge in [0, 0.05) is 7.05 Å². The number of aromatic nitrogens is 3. The molecule has 1 saturated carbocycles. The second-order valence-electron chi connectivity index (χ2n) is 4.48. The minimum Gasteiger partial charge on any atom is -0.383 e. The topological polar surface area (TPSA) is 50.9 Å². The lowest BCUT2D eigenvalue weighted by molar-refractivity contribution is -0.0246. The number of aliphatic hydroxyl groups is 1. The summed E-state index contributed by atoms with van der Waals surface area (Å²) in [5, 5.41) is 18.2. The Morgan fingerprint density at radius 3 is 3.00 bits per heavy atom. The van der Waals surface area contributed by atoms with Crippen molar-refractivity contribution in [3.63, 3.8) is 0 Å². The molecule has 4 nitrogen and oxygen atoms in total. The Balaban J connectivity index is 2.27. The van der Waals surface area contributed by atoms with Crippen LogP contribution in [0.2, 0.25) is 0 Å². The maximum absolute atomic E-state index is 10.5. The predicted octanol–water partition coefficient (Wildman–Crippen LogP) is 1.21. The average Bonchev–Trinajstić information content (AvgIpc) is 2.51. The van der Waals surface area contributed by atoms with Crippen molar-refractivity contribution in [2.45, 2.75) is 38.2 Å². The normalized spacial score (nSPS) is 33.2. The number of hydrogen-bond donors (Lipinski definition) is 1. The molecule has 1 heterocycles. The fourth-order valence-corrected chi connectivity index (χ4v) is 2.47. The first-order valence-electron chi connectivity index (χ1n) is 5.19. The Labute approximate surface area is 83.9 Å². The standard InChI is InChI=1S/C10H17N3O/c1-8-4-3-5-10(14,6-8)9-7-11-12-13(9)2/h7-8,14H,3-6H2,1-2H3. The first-order chi connectivity index (χ1) is 6.62. The minimum absolute atomic E-state index is 0.587. The Morgan fingerprint density at radius 1 is 1.64 bits per heavy atom. The highest BCUT2D eigenvalue weighted by molar-refractivity contribution is 5.09. The molecule has 1 aliphatic carbocycles. The molecule has 1 aromatic heterocycles. The summed E-state index contributed by atoms with van der Waals surface area (Å²) in [5.74, 6) is 0.587. The molecule has 1 aliphatic rings. The summed E-state index contributed by atoms with van der Waals surface area (Å²) < 4.78 is 1.68. The van der Waals surface area contributed by atoms with Gasteiger partial charge in [0.25, 0.3) is 0 Å². The van der Waals surface area contributed by atoms with E-state index in [0.717, 1.165) is 25.0 Å². The molecule has 0 saturated heterocycles. The molecular weight excluding hydrogens is 178 g/mol. The van der Waals surface area contributed by atoms with Gasteiger partial charge >= 0.3 is 0 Å². The largest absolute Gasteiger partial charge is 0.383 e. The zero-order chi connectivity index (χ0) is 10.2. The van der Waals surface area contributed by atoms with Crippen LogP contribution in [0.3, 0.4) is 0 Å². The van der Waals surface area contributed by atoms with Crippen LogP contribution in [-0.2, 0) is 12.6 Å². The molecule has 78 valence electrons. The minimum atomic E-state index is -0.698. The molecule has 0 amide bonds. The Bertz CT molecular complexity index is 323. The fourth-order valence-electron chi connectivity index (χ4n) is 2.47. The number of rotatable bonds is 1. The first kappa shape index (κ1) is 9.65. The van der Waals surface area contributed by atoms with Crippen molar-refractivity contribution in [2.75, 3.05) is 0 Å². The zero-order valence-corrected chi connectivity index (χ0v) is 8.77. The van der Waals surface area contributed by atoms with Gasteiger partial charge in [0.2, 0.25) is 0 Å². The molecule has 2 rings (SSSR count). The molecular formula is C10H17N3O. The first-order valence-corrected chi connectivity index (χ1v) is 5.19. The lowest BCUT2D eigenvalue weighted by Crippen LogP contribution is -2.33. The number of nitrogens with zero attached hydrogens (tertiary/aromatic N) is 3. The van der Waals surface area contributed by atoms with Crippen molar-refractivity contribution in [3.05, 3.63) is 11.9 Å². The third-order valence-electron chi connectivity index (χ3n) is 3.16. The second kappa shape index (κ2) is 3.35. The van der Waals surface area contributed by atoms with Crippen molar-refractivity contribution in [3.8, 4) is 0 Å². The second-order valence-corrected chi connectivity index (χ2v) is 4.48. The van der Waals surface area contributed by atoms with E-state index in [-0.39, 0.29) is 0 Å². The lowest BCUT2D eigenvalue weighted by Gasteiger charge is -2.34. The molecule has 4 heteroatoms. The van der Waals surface area contributed by atoms with E-state index in [2.05, 4.69) is 17.2 Å². The number of aryl methyl sites for hydroxylation is 1. The smallest absolute Gasteiger partial charge is 0.108 e. The van der Waals surface area contributed by atoms with Crippen molar-refractivity contribution in [1.29, 1.82) is 0 Å². The van der Waals surface area contributed by atoms with Crippen LogP contribution < -0.4 is 0 Å². The van der Waals surface area contributed by atoms with Crippen molar-refractivity contribution < 1.29 is 5.11 Å². The van der Waals surface area contributed by atoms with Crippen molar-refractivity contribution >= 4 is 0 Å². The molecule has 0 bridgehead atoms. The Kier molecular flexibility index (Phi) is 2.31. The van der Waals surface area contributed by atoms with Crippen LogP contribution in [0.25, 0.3) is 0 Å². The van der Waals surface area contributed by atoms with Gasteiger partial charge in [0.1, 0.15) is 5.60 Å². The van der Waals surface area contributed by atoms with E-state index in [1.165, 1.54) is 6.42 Å². The molecule has 2 unspecified atom stereocenters. The van der Waals surface area contributed by atoms with E-state index in [1.54, 1.807) is 10.9 Å². The Morgan fingerprint density at radius 2 is 2.43 bits per heavy atom. The van der Waals surface area contributed by atoms with Crippen LogP contribution in [0.5, 0.6) is 0 Å². The average molecular weight is 195 g/mol. The van der Waals surface area contributed by atoms with E-state index >= 15 is 0 Å². The lowest BCUT2D eigenvalue weighted by atomic mass is 9.77. The summed E-state index contributed by atoms with van der Waals surface area (Å²) in [6.45, 7) is 2.19. The molecule has 1 N–H and O–H groups in total. The fraction of sp³-hybridized carbons (Fsp3) is 0.800. The predicted molar refractivity (Wildman–Crippen MR) is 52.5 cm³/mol. The molecule has 0 radical (unpaired) electrons. The van der Waals surface area contributed by atoms with Gasteiger partial charge in [-0.15, -0.1) is 5.10 Å². The molecule has 1 aromatic rings. The van der Waals surface area contributed by atoms with Gasteiger partial charge in [-0.3, -0.25) is 0 Å². The quantitative estimate of drug-likeness (QED) is 0.733. The molecule has 14 heavy (non-hydrogen) atoms. The van der Waals surface area contributed by atoms with E-state index in [9.17, 15) is 5.11 Å². The monoisotopic (exact) mass is 195 g/mol. The van der Waals surface area contributed by atoms with E-state index in [0.29, 0.717) is 5.92 Å². The molecule has 0 spiro atoms. The van der Waals surface area contributed by atoms with Crippen LogP contribution in [0.15, 0.2) is 6.20 Å². The molecule has 0 aromatic carbocycles. The Hall–Kier alpha value is -0.900. The SMILES string of the molecule is CC1CCCC(O)(c2cnnn2C)C1. The van der Waals surface area contributed by atoms with Crippen LogP contribution in [0.1, 0.15) is 38.3 Å². The third kappa shape index (κ3) is 1.54. The van der Waals surface area contributed by atoms with Gasteiger partial charge in [-0.1, -0.05) is 18.6 Å². The van der Waals surface area contributed by atoms with Gasteiger partial charge in [-0.25, -0.2) is 4.68 Å². The van der Waals surface area contributed by atoms with Gasteiger partial charge in [-0.2, -0.15) is 0 Å². The number of hydrogen-bond acceptors (Lipinski definition) is 3. The summed E-state index contributed by atoms with van der Waals surface area (Å²) in [6.07, 6.45) is 5.64. The summed E-state index contributed by atoms with van der Waals surface area (Å²) in [4.78, 5) is 0. The van der Waals surface area contributed by atoms with Gasteiger partial charge in [0.05, 0.1) is 11.9 Å². The summed E-state index contributed by atoms with van der Waals surface area (Å²) in [6, 6.07) is 0. The van der Waals surface area contributed by atoms with Crippen LogP contribution in [-0.4, -0.2) is 20.1 Å². The maximum atomic E-state index is 10.5. The van der Waals surface area contributed by atoms with Crippen molar-refractivity contribution in [2.24, 2.45) is 13.0 Å². The van der Waals surface area contributed by atoms with Crippen LogP contribution in [0.4, 0.5) is 0 Å². The van der Waals surface area contributed by atoms with E-state index in [1.807, 2.05) is 7.05 Å². The van der Waals surface area contributed by atoms with E-state index < -0.39 is 5.60 Å². The highest BCUT2D eigenvalue weighted by Gasteiger charge is 2.36.